The summed E-state index contributed by atoms with van der Waals surface area (Å²) in [6, 6.07) is 15.0. The molecule has 0 fully saturated rings. The van der Waals surface area contributed by atoms with Crippen LogP contribution in [0, 0.1) is 0 Å². The van der Waals surface area contributed by atoms with Crippen molar-refractivity contribution in [3.63, 3.8) is 0 Å². The zero-order valence-electron chi connectivity index (χ0n) is 17.9. The molecule has 2 unspecified atom stereocenters. The summed E-state index contributed by atoms with van der Waals surface area (Å²) < 4.78 is 10.8. The average Bonchev–Trinajstić information content (AvgIpc) is 2.74. The predicted octanol–water partition coefficient (Wildman–Crippen LogP) is 2.41. The molecule has 0 aromatic heterocycles. The lowest BCUT2D eigenvalue weighted by atomic mass is 10.2. The molecule has 2 amide bonds. The number of benzene rings is 2. The summed E-state index contributed by atoms with van der Waals surface area (Å²) in [6.45, 7) is 6.02. The molecule has 9 heteroatoms. The van der Waals surface area contributed by atoms with Crippen LogP contribution in [0.1, 0.15) is 34.6 Å². The first-order valence-electron chi connectivity index (χ1n) is 9.76. The Balaban J connectivity index is 1.87. The summed E-state index contributed by atoms with van der Waals surface area (Å²) in [5.74, 6) is -2.26. The molecule has 2 aromatic rings. The van der Waals surface area contributed by atoms with Crippen molar-refractivity contribution in [2.75, 3.05) is 0 Å². The lowest BCUT2D eigenvalue weighted by molar-refractivity contribution is -0.143. The minimum Gasteiger partial charge on any atom is -0.484 e. The highest BCUT2D eigenvalue weighted by atomic mass is 28.4. The number of amides is 2. The van der Waals surface area contributed by atoms with E-state index in [-0.39, 0.29) is 0 Å². The number of rotatable bonds is 8. The molecule has 0 saturated heterocycles. The van der Waals surface area contributed by atoms with Crippen LogP contribution in [0.4, 0.5) is 0 Å². The summed E-state index contributed by atoms with van der Waals surface area (Å²) in [5.41, 5.74) is 0.820. The molecule has 0 aliphatic carbocycles. The maximum atomic E-state index is 12.4. The van der Waals surface area contributed by atoms with Gasteiger partial charge in [0.05, 0.1) is 0 Å². The van der Waals surface area contributed by atoms with Crippen molar-refractivity contribution in [2.45, 2.75) is 39.0 Å². The van der Waals surface area contributed by atoms with Crippen molar-refractivity contribution >= 4 is 32.3 Å². The van der Waals surface area contributed by atoms with Crippen molar-refractivity contribution in [3.05, 3.63) is 71.8 Å². The summed E-state index contributed by atoms with van der Waals surface area (Å²) >= 11 is 0. The van der Waals surface area contributed by atoms with Gasteiger partial charge in [-0.25, -0.2) is 0 Å². The van der Waals surface area contributed by atoms with E-state index < -0.39 is 44.4 Å². The molecule has 8 nitrogen and oxygen atoms in total. The molecule has 0 spiro atoms. The largest absolute Gasteiger partial charge is 0.484 e. The molecule has 2 atom stereocenters. The third-order valence-corrected chi connectivity index (χ3v) is 5.55. The van der Waals surface area contributed by atoms with Crippen LogP contribution in [0.15, 0.2) is 60.7 Å². The van der Waals surface area contributed by atoms with Crippen LogP contribution < -0.4 is 10.6 Å². The van der Waals surface area contributed by atoms with E-state index in [0.29, 0.717) is 11.1 Å². The Bertz CT molecular complexity index is 858. The summed E-state index contributed by atoms with van der Waals surface area (Å²) in [7, 11) is -3.22. The Morgan fingerprint density at radius 1 is 0.677 bits per heavy atom. The van der Waals surface area contributed by atoms with Crippen LogP contribution in [0.3, 0.4) is 0 Å². The molecule has 0 saturated carbocycles. The van der Waals surface area contributed by atoms with Gasteiger partial charge >= 0.3 is 20.5 Å². The highest BCUT2D eigenvalue weighted by Gasteiger charge is 2.37. The van der Waals surface area contributed by atoms with Crippen molar-refractivity contribution in [1.29, 1.82) is 0 Å². The normalized spacial score (nSPS) is 12.8. The fourth-order valence-corrected chi connectivity index (χ4v) is 3.90. The molecule has 31 heavy (non-hydrogen) atoms. The lowest BCUT2D eigenvalue weighted by Crippen LogP contribution is -2.49. The molecule has 0 radical (unpaired) electrons. The zero-order valence-corrected chi connectivity index (χ0v) is 18.9. The summed E-state index contributed by atoms with van der Waals surface area (Å²) in [5, 5.41) is 5.10. The minimum absolute atomic E-state index is 0.410. The molecule has 2 N–H and O–H groups in total. The van der Waals surface area contributed by atoms with Gasteiger partial charge < -0.3 is 19.5 Å². The Kier molecular flexibility index (Phi) is 8.09. The number of hydrogen-bond donors (Lipinski definition) is 2. The molecular weight excluding hydrogens is 416 g/mol. The highest BCUT2D eigenvalue weighted by Crippen LogP contribution is 2.11. The zero-order chi connectivity index (χ0) is 23.0. The number of carbonyl (C=O) groups is 4. The first-order chi connectivity index (χ1) is 14.6. The van der Waals surface area contributed by atoms with Gasteiger partial charge in [-0.15, -0.1) is 0 Å². The van der Waals surface area contributed by atoms with Gasteiger partial charge in [0.15, 0.2) is 0 Å². The smallest absolute Gasteiger partial charge is 0.457 e. The second-order valence-electron chi connectivity index (χ2n) is 7.36. The first-order valence-corrected chi connectivity index (χ1v) is 12.6. The number of hydrogen-bond acceptors (Lipinski definition) is 6. The van der Waals surface area contributed by atoms with E-state index in [1.165, 1.54) is 26.9 Å². The first kappa shape index (κ1) is 23.8. The van der Waals surface area contributed by atoms with Gasteiger partial charge in [0, 0.05) is 24.2 Å². The maximum absolute atomic E-state index is 12.4. The monoisotopic (exact) mass is 442 g/mol. The van der Waals surface area contributed by atoms with Crippen LogP contribution in [0.2, 0.25) is 13.1 Å². The van der Waals surface area contributed by atoms with Gasteiger partial charge in [-0.3, -0.25) is 19.2 Å². The second kappa shape index (κ2) is 10.5. The molecule has 0 aliphatic rings. The van der Waals surface area contributed by atoms with Gasteiger partial charge in [-0.1, -0.05) is 36.4 Å². The Labute approximate surface area is 182 Å². The van der Waals surface area contributed by atoms with E-state index in [4.69, 9.17) is 8.85 Å². The van der Waals surface area contributed by atoms with Gasteiger partial charge in [0.1, 0.15) is 12.1 Å². The van der Waals surface area contributed by atoms with Crippen molar-refractivity contribution in [2.24, 2.45) is 0 Å². The van der Waals surface area contributed by atoms with Crippen molar-refractivity contribution < 1.29 is 28.0 Å². The quantitative estimate of drug-likeness (QED) is 0.608. The highest BCUT2D eigenvalue weighted by molar-refractivity contribution is 6.67. The Hall–Kier alpha value is -3.46. The number of nitrogens with one attached hydrogen (secondary N) is 2. The van der Waals surface area contributed by atoms with Gasteiger partial charge in [0.25, 0.3) is 11.8 Å². The van der Waals surface area contributed by atoms with Crippen molar-refractivity contribution in [3.8, 4) is 0 Å². The molecular formula is C22H26N2O6Si. The topological polar surface area (TPSA) is 111 Å². The van der Waals surface area contributed by atoms with Crippen LogP contribution in [0.25, 0.3) is 0 Å². The van der Waals surface area contributed by atoms with E-state index in [0.717, 1.165) is 0 Å². The molecule has 2 aromatic carbocycles. The van der Waals surface area contributed by atoms with Crippen LogP contribution in [0.5, 0.6) is 0 Å². The van der Waals surface area contributed by atoms with Gasteiger partial charge in [0.2, 0.25) is 0 Å². The van der Waals surface area contributed by atoms with Crippen LogP contribution in [-0.4, -0.2) is 44.4 Å². The van der Waals surface area contributed by atoms with E-state index >= 15 is 0 Å². The molecule has 0 aliphatic heterocycles. The average molecular weight is 443 g/mol. The Morgan fingerprint density at radius 3 is 1.32 bits per heavy atom. The van der Waals surface area contributed by atoms with Gasteiger partial charge in [-0.05, 0) is 38.1 Å². The Morgan fingerprint density at radius 2 is 1.00 bits per heavy atom. The van der Waals surface area contributed by atoms with Crippen LogP contribution in [-0.2, 0) is 18.4 Å². The van der Waals surface area contributed by atoms with E-state index in [1.54, 1.807) is 60.7 Å². The van der Waals surface area contributed by atoms with E-state index in [1.807, 2.05) is 0 Å². The molecule has 164 valence electrons. The van der Waals surface area contributed by atoms with Crippen LogP contribution >= 0.6 is 0 Å². The molecule has 2 rings (SSSR count). The molecule has 0 bridgehead atoms. The SMILES string of the molecule is CC(NC(=O)c1ccccc1)C(=O)O[Si](C)(C)OC(=O)C(C)NC(=O)c1ccccc1. The van der Waals surface area contributed by atoms with E-state index in [2.05, 4.69) is 10.6 Å². The van der Waals surface area contributed by atoms with E-state index in [9.17, 15) is 19.2 Å². The van der Waals surface area contributed by atoms with Gasteiger partial charge in [-0.2, -0.15) is 0 Å². The number of carbonyl (C=O) groups excluding carboxylic acids is 4. The molecule has 0 heterocycles. The van der Waals surface area contributed by atoms with Crippen molar-refractivity contribution in [1.82, 2.24) is 10.6 Å². The predicted molar refractivity (Wildman–Crippen MR) is 116 cm³/mol. The standard InChI is InChI=1S/C22H26N2O6Si/c1-15(23-19(25)17-11-7-5-8-12-17)21(27)29-31(3,4)30-22(28)16(2)24-20(26)18-13-9-6-10-14-18/h5-16H,1-4H3,(H,23,25)(H,24,26). The fourth-order valence-electron chi connectivity index (χ4n) is 2.54. The summed E-state index contributed by atoms with van der Waals surface area (Å²) in [4.78, 5) is 49.1. The summed E-state index contributed by atoms with van der Waals surface area (Å²) in [6.07, 6.45) is 0. The third kappa shape index (κ3) is 7.38. The lowest BCUT2D eigenvalue weighted by Gasteiger charge is -2.26. The second-order valence-corrected chi connectivity index (χ2v) is 10.6. The third-order valence-electron chi connectivity index (χ3n) is 4.17. The maximum Gasteiger partial charge on any atom is 0.457 e. The fraction of sp³-hybridized carbons (Fsp3) is 0.273. The minimum atomic E-state index is -3.22.